The quantitative estimate of drug-likeness (QED) is 0.596. The average molecular weight is 316 g/mol. The molecule has 116 valence electrons. The summed E-state index contributed by atoms with van der Waals surface area (Å²) in [6, 6.07) is 21.6. The van der Waals surface area contributed by atoms with Crippen LogP contribution in [0.3, 0.4) is 0 Å². The van der Waals surface area contributed by atoms with Crippen LogP contribution in [0.25, 0.3) is 33.3 Å². The van der Waals surface area contributed by atoms with E-state index in [-0.39, 0.29) is 5.82 Å². The van der Waals surface area contributed by atoms with E-state index in [4.69, 9.17) is 0 Å². The largest absolute Gasteiger partial charge is 0.345 e. The molecule has 0 radical (unpaired) electrons. The highest BCUT2D eigenvalue weighted by atomic mass is 19.1. The fourth-order valence-corrected chi connectivity index (χ4v) is 2.83. The summed E-state index contributed by atoms with van der Waals surface area (Å²) in [6.45, 7) is 0. The van der Waals surface area contributed by atoms with Gasteiger partial charge in [0.2, 0.25) is 0 Å². The van der Waals surface area contributed by atoms with Crippen LogP contribution in [0.1, 0.15) is 0 Å². The molecule has 0 spiro atoms. The number of hydrogen-bond donors (Lipinski definition) is 1. The lowest BCUT2D eigenvalue weighted by Gasteiger charge is -2.09. The Balaban J connectivity index is 2.01. The molecule has 24 heavy (non-hydrogen) atoms. The van der Waals surface area contributed by atoms with Gasteiger partial charge in [0.05, 0.1) is 11.2 Å². The van der Waals surface area contributed by atoms with E-state index < -0.39 is 5.69 Å². The van der Waals surface area contributed by atoms with Gasteiger partial charge in [-0.05, 0) is 23.8 Å². The maximum absolute atomic E-state index is 14.1. The molecule has 4 rings (SSSR count). The summed E-state index contributed by atoms with van der Waals surface area (Å²) in [6.07, 6.45) is 0. The van der Waals surface area contributed by atoms with Gasteiger partial charge < -0.3 is 4.98 Å². The summed E-state index contributed by atoms with van der Waals surface area (Å²) < 4.78 is 14.1. The smallest absolute Gasteiger partial charge is 0.305 e. The number of aromatic nitrogens is 2. The molecule has 0 fully saturated rings. The van der Waals surface area contributed by atoms with Gasteiger partial charge in [-0.2, -0.15) is 4.98 Å². The Morgan fingerprint density at radius 2 is 1.58 bits per heavy atom. The predicted molar refractivity (Wildman–Crippen MR) is 93.2 cm³/mol. The van der Waals surface area contributed by atoms with E-state index in [1.54, 1.807) is 30.3 Å². The normalized spacial score (nSPS) is 10.9. The number of rotatable bonds is 2. The number of halogens is 1. The second kappa shape index (κ2) is 5.74. The summed E-state index contributed by atoms with van der Waals surface area (Å²) in [5, 5.41) is 0.779. The number of H-pyrrole nitrogens is 1. The van der Waals surface area contributed by atoms with E-state index in [0.29, 0.717) is 16.8 Å². The van der Waals surface area contributed by atoms with Crippen molar-refractivity contribution in [3.63, 3.8) is 0 Å². The van der Waals surface area contributed by atoms with Crippen molar-refractivity contribution < 1.29 is 4.39 Å². The monoisotopic (exact) mass is 316 g/mol. The third-order valence-electron chi connectivity index (χ3n) is 3.96. The maximum atomic E-state index is 14.1. The van der Waals surface area contributed by atoms with E-state index >= 15 is 0 Å². The maximum Gasteiger partial charge on any atom is 0.345 e. The standard InChI is InChI=1S/C20H13FN2O/c21-17-9-5-4-8-15(17)14-10-11-18-16(12-14)19(23-20(24)22-18)13-6-2-1-3-7-13/h1-12H,(H,22,23,24). The zero-order valence-electron chi connectivity index (χ0n) is 12.7. The Kier molecular flexibility index (Phi) is 3.43. The van der Waals surface area contributed by atoms with Crippen LogP contribution in [0.4, 0.5) is 4.39 Å². The molecule has 1 N–H and O–H groups in total. The second-order valence-corrected chi connectivity index (χ2v) is 5.50. The fraction of sp³-hybridized carbons (Fsp3) is 0. The summed E-state index contributed by atoms with van der Waals surface area (Å²) in [7, 11) is 0. The zero-order chi connectivity index (χ0) is 16.5. The molecule has 0 bridgehead atoms. The topological polar surface area (TPSA) is 45.8 Å². The molecular weight excluding hydrogens is 303 g/mol. The summed E-state index contributed by atoms with van der Waals surface area (Å²) >= 11 is 0. The van der Waals surface area contributed by atoms with E-state index in [1.807, 2.05) is 36.4 Å². The van der Waals surface area contributed by atoms with E-state index in [1.165, 1.54) is 6.07 Å². The summed E-state index contributed by atoms with van der Waals surface area (Å²) in [4.78, 5) is 18.7. The van der Waals surface area contributed by atoms with Gasteiger partial charge in [-0.3, -0.25) is 0 Å². The van der Waals surface area contributed by atoms with Crippen molar-refractivity contribution in [2.45, 2.75) is 0 Å². The van der Waals surface area contributed by atoms with Crippen molar-refractivity contribution >= 4 is 10.9 Å². The van der Waals surface area contributed by atoms with Gasteiger partial charge in [-0.25, -0.2) is 9.18 Å². The molecule has 4 aromatic rings. The number of nitrogens with zero attached hydrogens (tertiary/aromatic N) is 1. The number of fused-ring (bicyclic) bond motifs is 1. The molecule has 3 nitrogen and oxygen atoms in total. The molecule has 0 amide bonds. The SMILES string of the molecule is O=c1nc(-c2ccccc2)c2cc(-c3ccccc3F)ccc2[nH]1. The Morgan fingerprint density at radius 1 is 0.833 bits per heavy atom. The van der Waals surface area contributed by atoms with Crippen molar-refractivity contribution in [3.05, 3.63) is 89.1 Å². The van der Waals surface area contributed by atoms with Crippen LogP contribution in [-0.4, -0.2) is 9.97 Å². The zero-order valence-corrected chi connectivity index (χ0v) is 12.7. The van der Waals surface area contributed by atoms with Crippen molar-refractivity contribution in [1.82, 2.24) is 9.97 Å². The first-order valence-corrected chi connectivity index (χ1v) is 7.57. The molecule has 0 atom stereocenters. The van der Waals surface area contributed by atoms with Crippen LogP contribution in [0.15, 0.2) is 77.6 Å². The lowest BCUT2D eigenvalue weighted by Crippen LogP contribution is -2.11. The number of hydrogen-bond acceptors (Lipinski definition) is 2. The lowest BCUT2D eigenvalue weighted by molar-refractivity contribution is 0.631. The lowest BCUT2D eigenvalue weighted by atomic mass is 10.00. The van der Waals surface area contributed by atoms with E-state index in [0.717, 1.165) is 16.5 Å². The third-order valence-corrected chi connectivity index (χ3v) is 3.96. The van der Waals surface area contributed by atoms with E-state index in [2.05, 4.69) is 9.97 Å². The molecule has 0 aliphatic carbocycles. The summed E-state index contributed by atoms with van der Waals surface area (Å²) in [5.74, 6) is -0.282. The highest BCUT2D eigenvalue weighted by molar-refractivity contribution is 5.94. The minimum absolute atomic E-state index is 0.282. The van der Waals surface area contributed by atoms with Gasteiger partial charge in [0.1, 0.15) is 5.82 Å². The fourth-order valence-electron chi connectivity index (χ4n) is 2.83. The number of aromatic amines is 1. The third kappa shape index (κ3) is 2.48. The van der Waals surface area contributed by atoms with Gasteiger partial charge in [-0.15, -0.1) is 0 Å². The van der Waals surface area contributed by atoms with Gasteiger partial charge >= 0.3 is 5.69 Å². The Morgan fingerprint density at radius 3 is 2.38 bits per heavy atom. The van der Waals surface area contributed by atoms with Crippen LogP contribution < -0.4 is 5.69 Å². The van der Waals surface area contributed by atoms with Crippen LogP contribution in [0.2, 0.25) is 0 Å². The molecule has 1 heterocycles. The van der Waals surface area contributed by atoms with Crippen molar-refractivity contribution in [1.29, 1.82) is 0 Å². The molecular formula is C20H13FN2O. The van der Waals surface area contributed by atoms with Crippen molar-refractivity contribution in [2.24, 2.45) is 0 Å². The summed E-state index contributed by atoms with van der Waals surface area (Å²) in [5.41, 5.74) is 2.97. The first-order valence-electron chi connectivity index (χ1n) is 7.57. The molecule has 1 aromatic heterocycles. The van der Waals surface area contributed by atoms with Gasteiger partial charge in [0.25, 0.3) is 0 Å². The van der Waals surface area contributed by atoms with Gasteiger partial charge in [-0.1, -0.05) is 54.6 Å². The first-order chi connectivity index (χ1) is 11.7. The predicted octanol–water partition coefficient (Wildman–Crippen LogP) is 4.40. The minimum atomic E-state index is -0.403. The Labute approximate surface area is 137 Å². The highest BCUT2D eigenvalue weighted by Gasteiger charge is 2.10. The van der Waals surface area contributed by atoms with Crippen LogP contribution in [-0.2, 0) is 0 Å². The highest BCUT2D eigenvalue weighted by Crippen LogP contribution is 2.30. The Hall–Kier alpha value is -3.27. The molecule has 0 unspecified atom stereocenters. The first kappa shape index (κ1) is 14.3. The molecule has 0 aliphatic heterocycles. The van der Waals surface area contributed by atoms with Gasteiger partial charge in [0, 0.05) is 16.5 Å². The average Bonchev–Trinajstić information content (AvgIpc) is 2.62. The van der Waals surface area contributed by atoms with E-state index in [9.17, 15) is 9.18 Å². The van der Waals surface area contributed by atoms with Crippen LogP contribution in [0, 0.1) is 5.82 Å². The van der Waals surface area contributed by atoms with Crippen LogP contribution >= 0.6 is 0 Å². The van der Waals surface area contributed by atoms with Crippen LogP contribution in [0.5, 0.6) is 0 Å². The second-order valence-electron chi connectivity index (χ2n) is 5.50. The molecule has 0 aliphatic rings. The molecule has 3 aromatic carbocycles. The molecule has 4 heteroatoms. The van der Waals surface area contributed by atoms with Crippen molar-refractivity contribution in [2.75, 3.05) is 0 Å². The number of nitrogens with one attached hydrogen (secondary N) is 1. The number of benzene rings is 3. The minimum Gasteiger partial charge on any atom is -0.305 e. The molecule has 0 saturated carbocycles. The Bertz CT molecular complexity index is 1090. The van der Waals surface area contributed by atoms with Gasteiger partial charge in [0.15, 0.2) is 0 Å². The molecule has 0 saturated heterocycles. The van der Waals surface area contributed by atoms with Crippen molar-refractivity contribution in [3.8, 4) is 22.4 Å².